The van der Waals surface area contributed by atoms with Gasteiger partial charge in [0.05, 0.1) is 0 Å². The molecule has 2 saturated carbocycles. The first-order valence-corrected chi connectivity index (χ1v) is 5.52. The Balaban J connectivity index is 1.42. The Kier molecular flexibility index (Phi) is 1.90. The zero-order valence-electron chi connectivity index (χ0n) is 8.16. The summed E-state index contributed by atoms with van der Waals surface area (Å²) in [7, 11) is 0. The lowest BCUT2D eigenvalue weighted by atomic mass is 9.96. The minimum Gasteiger partial charge on any atom is -0.446 e. The van der Waals surface area contributed by atoms with Crippen LogP contribution in [0.3, 0.4) is 0 Å². The monoisotopic (exact) mass is 196 g/mol. The Bertz CT molecular complexity index is 243. The van der Waals surface area contributed by atoms with Crippen molar-refractivity contribution >= 4 is 6.09 Å². The maximum absolute atomic E-state index is 11.4. The molecule has 0 aromatic heterocycles. The minimum absolute atomic E-state index is 0.200. The summed E-state index contributed by atoms with van der Waals surface area (Å²) in [5, 5.41) is 6.25. The molecule has 2 N–H and O–H groups in total. The molecule has 1 amide bonds. The van der Waals surface area contributed by atoms with Gasteiger partial charge in [-0.2, -0.15) is 0 Å². The standard InChI is InChI=1S/C10H16N2O2/c13-10(14-6-2-1-3-6)12-9-7-4-11-5-8(7)9/h6-9,11H,1-5H2,(H,12,13). The number of piperidine rings is 1. The van der Waals surface area contributed by atoms with Crippen molar-refractivity contribution in [3.8, 4) is 0 Å². The Labute approximate surface area is 83.4 Å². The van der Waals surface area contributed by atoms with Crippen LogP contribution in [0.1, 0.15) is 19.3 Å². The SMILES string of the molecule is O=C(NC1C2CNCC21)OC1CCC1. The lowest BCUT2D eigenvalue weighted by Gasteiger charge is -2.25. The first kappa shape index (κ1) is 8.53. The quantitative estimate of drug-likeness (QED) is 0.675. The van der Waals surface area contributed by atoms with Crippen LogP contribution in [-0.2, 0) is 4.74 Å². The van der Waals surface area contributed by atoms with Gasteiger partial charge in [-0.25, -0.2) is 4.79 Å². The van der Waals surface area contributed by atoms with Crippen molar-refractivity contribution in [1.29, 1.82) is 0 Å². The summed E-state index contributed by atoms with van der Waals surface area (Å²) in [6.45, 7) is 2.11. The van der Waals surface area contributed by atoms with Crippen LogP contribution in [0, 0.1) is 11.8 Å². The number of hydrogen-bond donors (Lipinski definition) is 2. The highest BCUT2D eigenvalue weighted by Gasteiger charge is 2.54. The van der Waals surface area contributed by atoms with Crippen LogP contribution in [0.2, 0.25) is 0 Å². The van der Waals surface area contributed by atoms with Crippen LogP contribution in [0.4, 0.5) is 4.79 Å². The van der Waals surface area contributed by atoms with Crippen LogP contribution in [0.25, 0.3) is 0 Å². The van der Waals surface area contributed by atoms with Crippen molar-refractivity contribution in [1.82, 2.24) is 10.6 Å². The Morgan fingerprint density at radius 1 is 1.29 bits per heavy atom. The average Bonchev–Trinajstić information content (AvgIpc) is 2.61. The summed E-state index contributed by atoms with van der Waals surface area (Å²) in [5.74, 6) is 1.34. The van der Waals surface area contributed by atoms with E-state index in [9.17, 15) is 4.79 Å². The van der Waals surface area contributed by atoms with Crippen LogP contribution in [-0.4, -0.2) is 31.3 Å². The molecule has 14 heavy (non-hydrogen) atoms. The second-order valence-corrected chi connectivity index (χ2v) is 4.61. The lowest BCUT2D eigenvalue weighted by Crippen LogP contribution is -2.36. The molecule has 78 valence electrons. The van der Waals surface area contributed by atoms with E-state index in [1.54, 1.807) is 0 Å². The normalized spacial score (nSPS) is 39.9. The van der Waals surface area contributed by atoms with Gasteiger partial charge >= 0.3 is 6.09 Å². The van der Waals surface area contributed by atoms with Crippen LogP contribution < -0.4 is 10.6 Å². The number of hydrogen-bond acceptors (Lipinski definition) is 3. The molecular weight excluding hydrogens is 180 g/mol. The highest BCUT2D eigenvalue weighted by atomic mass is 16.6. The summed E-state index contributed by atoms with van der Waals surface area (Å²) in [6.07, 6.45) is 3.30. The van der Waals surface area contributed by atoms with Gasteiger partial charge in [-0.05, 0) is 31.1 Å². The van der Waals surface area contributed by atoms with Gasteiger partial charge < -0.3 is 15.4 Å². The zero-order chi connectivity index (χ0) is 9.54. The first-order valence-electron chi connectivity index (χ1n) is 5.52. The molecule has 2 aliphatic carbocycles. The van der Waals surface area contributed by atoms with Gasteiger partial charge in [0.25, 0.3) is 0 Å². The molecule has 3 aliphatic rings. The highest BCUT2D eigenvalue weighted by molar-refractivity contribution is 5.68. The van der Waals surface area contributed by atoms with Crippen molar-refractivity contribution in [3.05, 3.63) is 0 Å². The molecule has 4 nitrogen and oxygen atoms in total. The summed E-state index contributed by atoms with van der Waals surface area (Å²) in [6, 6.07) is 0.392. The number of amides is 1. The molecule has 1 aliphatic heterocycles. The predicted molar refractivity (Wildman–Crippen MR) is 50.9 cm³/mol. The van der Waals surface area contributed by atoms with Crippen molar-refractivity contribution in [2.24, 2.45) is 11.8 Å². The molecule has 2 unspecified atom stereocenters. The number of alkyl carbamates (subject to hydrolysis) is 1. The van der Waals surface area contributed by atoms with E-state index < -0.39 is 0 Å². The van der Waals surface area contributed by atoms with E-state index >= 15 is 0 Å². The van der Waals surface area contributed by atoms with E-state index in [1.807, 2.05) is 0 Å². The molecular formula is C10H16N2O2. The third-order valence-corrected chi connectivity index (χ3v) is 3.70. The molecule has 3 fully saturated rings. The second-order valence-electron chi connectivity index (χ2n) is 4.61. The first-order chi connectivity index (χ1) is 6.84. The van der Waals surface area contributed by atoms with Gasteiger partial charge in [-0.15, -0.1) is 0 Å². The van der Waals surface area contributed by atoms with Gasteiger partial charge in [0, 0.05) is 19.1 Å². The predicted octanol–water partition coefficient (Wildman–Crippen LogP) is 0.483. The third-order valence-electron chi connectivity index (χ3n) is 3.70. The lowest BCUT2D eigenvalue weighted by molar-refractivity contribution is 0.0516. The molecule has 0 radical (unpaired) electrons. The van der Waals surface area contributed by atoms with Crippen molar-refractivity contribution in [2.45, 2.75) is 31.4 Å². The molecule has 1 saturated heterocycles. The van der Waals surface area contributed by atoms with E-state index in [1.165, 1.54) is 6.42 Å². The third kappa shape index (κ3) is 1.38. The topological polar surface area (TPSA) is 50.4 Å². The molecule has 0 aromatic rings. The van der Waals surface area contributed by atoms with Gasteiger partial charge in [-0.3, -0.25) is 0 Å². The van der Waals surface area contributed by atoms with Crippen molar-refractivity contribution in [2.75, 3.05) is 13.1 Å². The molecule has 4 heteroatoms. The number of carbonyl (C=O) groups is 1. The fraction of sp³-hybridized carbons (Fsp3) is 0.900. The van der Waals surface area contributed by atoms with Crippen LogP contribution in [0.5, 0.6) is 0 Å². The van der Waals surface area contributed by atoms with Gasteiger partial charge in [0.15, 0.2) is 0 Å². The molecule has 0 bridgehead atoms. The summed E-state index contributed by atoms with van der Waals surface area (Å²) in [5.41, 5.74) is 0. The molecule has 2 atom stereocenters. The van der Waals surface area contributed by atoms with Crippen LogP contribution in [0.15, 0.2) is 0 Å². The minimum atomic E-state index is -0.200. The van der Waals surface area contributed by atoms with E-state index in [2.05, 4.69) is 10.6 Å². The molecule has 0 aromatic carbocycles. The summed E-state index contributed by atoms with van der Waals surface area (Å²) >= 11 is 0. The Hall–Kier alpha value is -0.770. The molecule has 3 rings (SSSR count). The van der Waals surface area contributed by atoms with Gasteiger partial charge in [0.1, 0.15) is 6.10 Å². The van der Waals surface area contributed by atoms with Gasteiger partial charge in [-0.1, -0.05) is 0 Å². The highest BCUT2D eigenvalue weighted by Crippen LogP contribution is 2.41. The van der Waals surface area contributed by atoms with E-state index in [0.717, 1.165) is 25.9 Å². The van der Waals surface area contributed by atoms with E-state index in [0.29, 0.717) is 17.9 Å². The number of ether oxygens (including phenoxy) is 1. The maximum Gasteiger partial charge on any atom is 0.407 e. The zero-order valence-corrected chi connectivity index (χ0v) is 8.16. The number of nitrogens with one attached hydrogen (secondary N) is 2. The average molecular weight is 196 g/mol. The van der Waals surface area contributed by atoms with E-state index in [-0.39, 0.29) is 12.2 Å². The maximum atomic E-state index is 11.4. The number of rotatable bonds is 2. The summed E-state index contributed by atoms with van der Waals surface area (Å²) in [4.78, 5) is 11.4. The Morgan fingerprint density at radius 2 is 2.00 bits per heavy atom. The summed E-state index contributed by atoms with van der Waals surface area (Å²) < 4.78 is 5.23. The molecule has 0 spiro atoms. The van der Waals surface area contributed by atoms with Gasteiger partial charge in [0.2, 0.25) is 0 Å². The van der Waals surface area contributed by atoms with Crippen molar-refractivity contribution < 1.29 is 9.53 Å². The Morgan fingerprint density at radius 3 is 2.57 bits per heavy atom. The fourth-order valence-corrected chi connectivity index (χ4v) is 2.44. The fourth-order valence-electron chi connectivity index (χ4n) is 2.44. The number of carbonyl (C=O) groups excluding carboxylic acids is 1. The van der Waals surface area contributed by atoms with E-state index in [4.69, 9.17) is 4.74 Å². The van der Waals surface area contributed by atoms with Crippen molar-refractivity contribution in [3.63, 3.8) is 0 Å². The smallest absolute Gasteiger partial charge is 0.407 e. The van der Waals surface area contributed by atoms with Crippen LogP contribution >= 0.6 is 0 Å². The number of fused-ring (bicyclic) bond motifs is 1. The second kappa shape index (κ2) is 3.12. The molecule has 1 heterocycles. The largest absolute Gasteiger partial charge is 0.446 e.